The first-order valence-corrected chi connectivity index (χ1v) is 9.35. The van der Waals surface area contributed by atoms with Gasteiger partial charge >= 0.3 is 0 Å². The van der Waals surface area contributed by atoms with E-state index in [1.54, 1.807) is 17.9 Å². The summed E-state index contributed by atoms with van der Waals surface area (Å²) in [6, 6.07) is 7.60. The Hall–Kier alpha value is -2.34. The van der Waals surface area contributed by atoms with Crippen molar-refractivity contribution in [2.45, 2.75) is 50.8 Å². The number of hydrogen-bond acceptors (Lipinski definition) is 4. The number of hydrogen-bond donors (Lipinski definition) is 2. The lowest BCUT2D eigenvalue weighted by molar-refractivity contribution is -0.123. The molecule has 1 aliphatic rings. The van der Waals surface area contributed by atoms with Crippen molar-refractivity contribution < 1.29 is 9.53 Å². The minimum atomic E-state index is -0.405. The summed E-state index contributed by atoms with van der Waals surface area (Å²) in [6.45, 7) is 0.487. The number of benzene rings is 1. The third-order valence-electron chi connectivity index (χ3n) is 4.85. The Kier molecular flexibility index (Phi) is 6.28. The van der Waals surface area contributed by atoms with E-state index >= 15 is 0 Å². The summed E-state index contributed by atoms with van der Waals surface area (Å²) in [4.78, 5) is 12.5. The minimum Gasteiger partial charge on any atom is -0.490 e. The molecule has 0 saturated heterocycles. The molecule has 2 aromatic rings. The topological polar surface area (TPSA) is 68.2 Å². The van der Waals surface area contributed by atoms with Gasteiger partial charge in [-0.2, -0.15) is 5.10 Å². The summed E-state index contributed by atoms with van der Waals surface area (Å²) >= 11 is 0. The van der Waals surface area contributed by atoms with E-state index in [0.717, 1.165) is 29.7 Å². The van der Waals surface area contributed by atoms with Gasteiger partial charge in [0.2, 0.25) is 5.91 Å². The molecule has 1 aromatic carbocycles. The second-order valence-electron chi connectivity index (χ2n) is 6.91. The summed E-state index contributed by atoms with van der Waals surface area (Å²) < 4.78 is 7.74. The highest BCUT2D eigenvalue weighted by Crippen LogP contribution is 2.23. The average Bonchev–Trinajstić information content (AvgIpc) is 3.08. The fraction of sp³-hybridized carbons (Fsp3) is 0.500. The second-order valence-corrected chi connectivity index (χ2v) is 6.91. The maximum atomic E-state index is 12.5. The van der Waals surface area contributed by atoms with Crippen LogP contribution in [0.4, 0.5) is 0 Å². The van der Waals surface area contributed by atoms with Gasteiger partial charge in [0.05, 0.1) is 12.3 Å². The van der Waals surface area contributed by atoms with E-state index < -0.39 is 6.04 Å². The van der Waals surface area contributed by atoms with Gasteiger partial charge in [-0.05, 0) is 50.4 Å². The molecule has 1 aromatic heterocycles. The monoisotopic (exact) mass is 356 g/mol. The van der Waals surface area contributed by atoms with Crippen molar-refractivity contribution in [2.24, 2.45) is 7.05 Å². The number of aryl methyl sites for hydroxylation is 1. The van der Waals surface area contributed by atoms with E-state index in [0.29, 0.717) is 12.6 Å². The zero-order valence-electron chi connectivity index (χ0n) is 15.6. The van der Waals surface area contributed by atoms with Crippen LogP contribution in [0, 0.1) is 0 Å². The van der Waals surface area contributed by atoms with Crippen LogP contribution in [-0.4, -0.2) is 28.8 Å². The van der Waals surface area contributed by atoms with Crippen LogP contribution in [0.25, 0.3) is 0 Å². The lowest BCUT2D eigenvalue weighted by Crippen LogP contribution is -2.35. The van der Waals surface area contributed by atoms with Crippen molar-refractivity contribution in [3.05, 3.63) is 47.8 Å². The van der Waals surface area contributed by atoms with Gasteiger partial charge < -0.3 is 15.4 Å². The lowest BCUT2D eigenvalue weighted by Gasteiger charge is -2.23. The number of rotatable bonds is 7. The molecule has 0 spiro atoms. The van der Waals surface area contributed by atoms with Crippen molar-refractivity contribution in [1.82, 2.24) is 20.4 Å². The van der Waals surface area contributed by atoms with Gasteiger partial charge in [0.1, 0.15) is 11.8 Å². The third kappa shape index (κ3) is 4.85. The Balaban J connectivity index is 1.51. The normalized spacial score (nSPS) is 16.2. The number of aromatic nitrogens is 2. The fourth-order valence-corrected chi connectivity index (χ4v) is 3.39. The molecule has 0 aliphatic heterocycles. The Morgan fingerprint density at radius 2 is 2.00 bits per heavy atom. The van der Waals surface area contributed by atoms with Gasteiger partial charge in [0.15, 0.2) is 0 Å². The predicted octanol–water partition coefficient (Wildman–Crippen LogP) is 2.71. The first kappa shape index (κ1) is 18.5. The van der Waals surface area contributed by atoms with Crippen molar-refractivity contribution >= 4 is 5.91 Å². The fourth-order valence-electron chi connectivity index (χ4n) is 3.39. The lowest BCUT2D eigenvalue weighted by atomic mass is 9.98. The third-order valence-corrected chi connectivity index (χ3v) is 4.85. The first-order valence-electron chi connectivity index (χ1n) is 9.35. The smallest absolute Gasteiger partial charge is 0.242 e. The molecule has 0 radical (unpaired) electrons. The molecule has 2 N–H and O–H groups in total. The molecule has 3 rings (SSSR count). The van der Waals surface area contributed by atoms with Crippen molar-refractivity contribution in [3.63, 3.8) is 0 Å². The summed E-state index contributed by atoms with van der Waals surface area (Å²) in [7, 11) is 3.61. The van der Waals surface area contributed by atoms with Crippen molar-refractivity contribution in [2.75, 3.05) is 7.05 Å². The zero-order chi connectivity index (χ0) is 18.4. The van der Waals surface area contributed by atoms with Crippen LogP contribution in [0.15, 0.2) is 36.7 Å². The molecular weight excluding hydrogens is 328 g/mol. The molecule has 1 atom stereocenters. The molecule has 1 fully saturated rings. The molecule has 6 nitrogen and oxygen atoms in total. The van der Waals surface area contributed by atoms with Crippen molar-refractivity contribution in [1.29, 1.82) is 0 Å². The number of carbonyl (C=O) groups is 1. The summed E-state index contributed by atoms with van der Waals surface area (Å²) in [5.74, 6) is 0.846. The molecule has 1 aliphatic carbocycles. The SMILES string of the molecule is CNC(C(=O)NCc1ccc(OC2CCCCC2)cc1)c1cnn(C)c1. The van der Waals surface area contributed by atoms with Crippen LogP contribution in [0.3, 0.4) is 0 Å². The Morgan fingerprint density at radius 1 is 1.27 bits per heavy atom. The van der Waals surface area contributed by atoms with Gasteiger partial charge in [0.25, 0.3) is 0 Å². The largest absolute Gasteiger partial charge is 0.490 e. The number of nitrogens with one attached hydrogen (secondary N) is 2. The van der Waals surface area contributed by atoms with E-state index in [4.69, 9.17) is 4.74 Å². The van der Waals surface area contributed by atoms with E-state index in [1.165, 1.54) is 19.3 Å². The Morgan fingerprint density at radius 3 is 2.62 bits per heavy atom. The number of amides is 1. The standard InChI is InChI=1S/C20H28N4O2/c1-21-19(16-13-23-24(2)14-16)20(25)22-12-15-8-10-18(11-9-15)26-17-6-4-3-5-7-17/h8-11,13-14,17,19,21H,3-7,12H2,1-2H3,(H,22,25). The highest BCUT2D eigenvalue weighted by Gasteiger charge is 2.19. The molecule has 1 heterocycles. The van der Waals surface area contributed by atoms with Gasteiger partial charge in [-0.25, -0.2) is 0 Å². The maximum Gasteiger partial charge on any atom is 0.242 e. The molecule has 1 saturated carbocycles. The van der Waals surface area contributed by atoms with E-state index in [-0.39, 0.29) is 5.91 Å². The molecular formula is C20H28N4O2. The van der Waals surface area contributed by atoms with E-state index in [2.05, 4.69) is 15.7 Å². The Bertz CT molecular complexity index is 705. The minimum absolute atomic E-state index is 0.0666. The van der Waals surface area contributed by atoms with Gasteiger partial charge in [-0.1, -0.05) is 18.6 Å². The number of nitrogens with zero attached hydrogens (tertiary/aromatic N) is 2. The maximum absolute atomic E-state index is 12.5. The zero-order valence-corrected chi connectivity index (χ0v) is 15.6. The summed E-state index contributed by atoms with van der Waals surface area (Å²) in [6.07, 6.45) is 10.1. The molecule has 6 heteroatoms. The quantitative estimate of drug-likeness (QED) is 0.800. The Labute approximate surface area is 154 Å². The van der Waals surface area contributed by atoms with Gasteiger partial charge in [-0.15, -0.1) is 0 Å². The van der Waals surface area contributed by atoms with Gasteiger partial charge in [0, 0.05) is 25.4 Å². The van der Waals surface area contributed by atoms with Crippen molar-refractivity contribution in [3.8, 4) is 5.75 Å². The molecule has 0 bridgehead atoms. The van der Waals surface area contributed by atoms with Crippen LogP contribution in [0.2, 0.25) is 0 Å². The number of ether oxygens (including phenoxy) is 1. The van der Waals surface area contributed by atoms with E-state index in [9.17, 15) is 4.79 Å². The van der Waals surface area contributed by atoms with Gasteiger partial charge in [-0.3, -0.25) is 9.48 Å². The summed E-state index contributed by atoms with van der Waals surface area (Å²) in [5, 5.41) is 10.1. The van der Waals surface area contributed by atoms with Crippen LogP contribution in [0.5, 0.6) is 5.75 Å². The first-order chi connectivity index (χ1) is 12.7. The molecule has 1 amide bonds. The number of likely N-dealkylation sites (N-methyl/N-ethyl adjacent to an activating group) is 1. The molecule has 1 unspecified atom stereocenters. The van der Waals surface area contributed by atoms with Crippen LogP contribution >= 0.6 is 0 Å². The van der Waals surface area contributed by atoms with Crippen LogP contribution < -0.4 is 15.4 Å². The average molecular weight is 356 g/mol. The summed E-state index contributed by atoms with van der Waals surface area (Å²) in [5.41, 5.74) is 1.90. The molecule has 26 heavy (non-hydrogen) atoms. The van der Waals surface area contributed by atoms with Crippen LogP contribution in [0.1, 0.15) is 49.3 Å². The van der Waals surface area contributed by atoms with Crippen LogP contribution in [-0.2, 0) is 18.4 Å². The predicted molar refractivity (Wildman–Crippen MR) is 101 cm³/mol. The highest BCUT2D eigenvalue weighted by atomic mass is 16.5. The highest BCUT2D eigenvalue weighted by molar-refractivity contribution is 5.83. The molecule has 140 valence electrons. The van der Waals surface area contributed by atoms with E-state index in [1.807, 2.05) is 37.5 Å². The second kappa shape index (κ2) is 8.85. The number of carbonyl (C=O) groups excluding carboxylic acids is 1.